The number of amides is 1. The van der Waals surface area contributed by atoms with Crippen LogP contribution in [-0.4, -0.2) is 41.2 Å². The highest BCUT2D eigenvalue weighted by Gasteiger charge is 2.27. The largest absolute Gasteiger partial charge is 0.496 e. The van der Waals surface area contributed by atoms with Crippen LogP contribution in [0.4, 0.5) is 0 Å². The van der Waals surface area contributed by atoms with Gasteiger partial charge < -0.3 is 9.64 Å². The summed E-state index contributed by atoms with van der Waals surface area (Å²) >= 11 is 7.62. The highest BCUT2D eigenvalue weighted by atomic mass is 35.5. The number of aromatic nitrogens is 2. The van der Waals surface area contributed by atoms with E-state index in [1.165, 1.54) is 0 Å². The molecule has 1 amide bonds. The number of likely N-dealkylation sites (tertiary alicyclic amines) is 1. The molecule has 0 spiro atoms. The molecule has 0 unspecified atom stereocenters. The van der Waals surface area contributed by atoms with Crippen molar-refractivity contribution in [2.75, 3.05) is 20.2 Å². The first kappa shape index (κ1) is 18.9. The summed E-state index contributed by atoms with van der Waals surface area (Å²) in [5, 5.41) is 11.3. The molecular formula is C21H20ClN3O2S. The molecule has 1 saturated heterocycles. The number of nitrogens with zero attached hydrogens (tertiary/aromatic N) is 3. The molecule has 28 heavy (non-hydrogen) atoms. The van der Waals surface area contributed by atoms with Crippen molar-refractivity contribution in [2.24, 2.45) is 0 Å². The summed E-state index contributed by atoms with van der Waals surface area (Å²) in [5.74, 6) is 1.16. The lowest BCUT2D eigenvalue weighted by Gasteiger charge is -2.31. The van der Waals surface area contributed by atoms with Crippen molar-refractivity contribution in [3.8, 4) is 16.3 Å². The Balaban J connectivity index is 1.43. The molecule has 0 N–H and O–H groups in total. The quantitative estimate of drug-likeness (QED) is 0.611. The summed E-state index contributed by atoms with van der Waals surface area (Å²) in [4.78, 5) is 14.6. The Morgan fingerprint density at radius 3 is 2.68 bits per heavy atom. The lowest BCUT2D eigenvalue weighted by molar-refractivity contribution is 0.0713. The molecule has 0 bridgehead atoms. The van der Waals surface area contributed by atoms with Gasteiger partial charge in [0.2, 0.25) is 0 Å². The Bertz CT molecular complexity index is 983. The number of methoxy groups -OCH3 is 1. The van der Waals surface area contributed by atoms with Gasteiger partial charge in [0.25, 0.3) is 5.91 Å². The minimum absolute atomic E-state index is 0.0351. The Morgan fingerprint density at radius 1 is 1.14 bits per heavy atom. The summed E-state index contributed by atoms with van der Waals surface area (Å²) in [5.41, 5.74) is 1.60. The van der Waals surface area contributed by atoms with E-state index in [1.54, 1.807) is 30.6 Å². The smallest absolute Gasteiger partial charge is 0.253 e. The molecule has 1 fully saturated rings. The normalized spacial score (nSPS) is 14.9. The second kappa shape index (κ2) is 8.29. The molecule has 0 atom stereocenters. The predicted molar refractivity (Wildman–Crippen MR) is 111 cm³/mol. The van der Waals surface area contributed by atoms with E-state index in [2.05, 4.69) is 10.2 Å². The van der Waals surface area contributed by atoms with Crippen molar-refractivity contribution >= 4 is 28.8 Å². The van der Waals surface area contributed by atoms with Crippen LogP contribution in [0.3, 0.4) is 0 Å². The second-order valence-corrected chi connectivity index (χ2v) is 8.17. The Hall–Kier alpha value is -2.44. The zero-order valence-electron chi connectivity index (χ0n) is 15.5. The Kier molecular flexibility index (Phi) is 5.59. The molecule has 1 aliphatic rings. The van der Waals surface area contributed by atoms with Gasteiger partial charge in [0.05, 0.1) is 12.7 Å². The zero-order chi connectivity index (χ0) is 19.5. The molecule has 144 valence electrons. The van der Waals surface area contributed by atoms with E-state index in [0.29, 0.717) is 29.6 Å². The van der Waals surface area contributed by atoms with Crippen molar-refractivity contribution in [3.63, 3.8) is 0 Å². The number of para-hydroxylation sites is 1. The average molecular weight is 414 g/mol. The van der Waals surface area contributed by atoms with Gasteiger partial charge in [-0.2, -0.15) is 0 Å². The lowest BCUT2D eigenvalue weighted by atomic mass is 9.97. The SMILES string of the molecule is COc1ccccc1-c1nnc(C2CCN(C(=O)c3cccc(Cl)c3)CC2)s1. The first-order valence-corrected chi connectivity index (χ1v) is 10.4. The van der Waals surface area contributed by atoms with Crippen LogP contribution in [0, 0.1) is 0 Å². The third-order valence-electron chi connectivity index (χ3n) is 4.98. The van der Waals surface area contributed by atoms with E-state index < -0.39 is 0 Å². The van der Waals surface area contributed by atoms with Crippen LogP contribution in [0.15, 0.2) is 48.5 Å². The lowest BCUT2D eigenvalue weighted by Crippen LogP contribution is -2.37. The molecule has 0 aliphatic carbocycles. The number of hydrogen-bond donors (Lipinski definition) is 0. The minimum atomic E-state index is 0.0351. The van der Waals surface area contributed by atoms with Crippen LogP contribution >= 0.6 is 22.9 Å². The standard InChI is InChI=1S/C21H20ClN3O2S/c1-27-18-8-3-2-7-17(18)20-24-23-19(28-20)14-9-11-25(12-10-14)21(26)15-5-4-6-16(22)13-15/h2-8,13-14H,9-12H2,1H3. The molecule has 5 nitrogen and oxygen atoms in total. The summed E-state index contributed by atoms with van der Waals surface area (Å²) < 4.78 is 5.43. The van der Waals surface area contributed by atoms with Crippen LogP contribution < -0.4 is 4.74 Å². The second-order valence-electron chi connectivity index (χ2n) is 6.72. The van der Waals surface area contributed by atoms with Crippen molar-refractivity contribution in [2.45, 2.75) is 18.8 Å². The van der Waals surface area contributed by atoms with Crippen LogP contribution in [0.25, 0.3) is 10.6 Å². The van der Waals surface area contributed by atoms with Gasteiger partial charge in [-0.05, 0) is 43.2 Å². The summed E-state index contributed by atoms with van der Waals surface area (Å²) in [6, 6.07) is 15.0. The molecule has 0 saturated carbocycles. The topological polar surface area (TPSA) is 55.3 Å². The summed E-state index contributed by atoms with van der Waals surface area (Å²) in [6.07, 6.45) is 1.76. The molecule has 7 heteroatoms. The molecule has 2 heterocycles. The molecule has 1 aliphatic heterocycles. The van der Waals surface area contributed by atoms with E-state index in [0.717, 1.165) is 34.2 Å². The fourth-order valence-corrected chi connectivity index (χ4v) is 4.70. The molecule has 4 rings (SSSR count). The van der Waals surface area contributed by atoms with Crippen molar-refractivity contribution < 1.29 is 9.53 Å². The number of benzene rings is 2. The zero-order valence-corrected chi connectivity index (χ0v) is 17.0. The number of halogens is 1. The third-order valence-corrected chi connectivity index (χ3v) is 6.34. The van der Waals surface area contributed by atoms with Gasteiger partial charge in [0, 0.05) is 29.6 Å². The first-order chi connectivity index (χ1) is 13.7. The number of hydrogen-bond acceptors (Lipinski definition) is 5. The maximum Gasteiger partial charge on any atom is 0.253 e. The summed E-state index contributed by atoms with van der Waals surface area (Å²) in [7, 11) is 1.66. The maximum atomic E-state index is 12.7. The van der Waals surface area contributed by atoms with Crippen LogP contribution in [-0.2, 0) is 0 Å². The maximum absolute atomic E-state index is 12.7. The van der Waals surface area contributed by atoms with Crippen molar-refractivity contribution in [1.82, 2.24) is 15.1 Å². The van der Waals surface area contributed by atoms with E-state index in [-0.39, 0.29) is 5.91 Å². The minimum Gasteiger partial charge on any atom is -0.496 e. The van der Waals surface area contributed by atoms with E-state index >= 15 is 0 Å². The number of carbonyl (C=O) groups excluding carboxylic acids is 1. The number of ether oxygens (including phenoxy) is 1. The highest BCUT2D eigenvalue weighted by molar-refractivity contribution is 7.14. The Morgan fingerprint density at radius 2 is 1.93 bits per heavy atom. The number of rotatable bonds is 4. The molecule has 0 radical (unpaired) electrons. The van der Waals surface area contributed by atoms with Crippen molar-refractivity contribution in [3.05, 3.63) is 64.1 Å². The summed E-state index contributed by atoms with van der Waals surface area (Å²) in [6.45, 7) is 1.42. The van der Waals surface area contributed by atoms with E-state index in [9.17, 15) is 4.79 Å². The van der Waals surface area contributed by atoms with Gasteiger partial charge in [-0.1, -0.05) is 41.1 Å². The average Bonchev–Trinajstić information content (AvgIpc) is 3.23. The first-order valence-electron chi connectivity index (χ1n) is 9.17. The van der Waals surface area contributed by atoms with E-state index in [4.69, 9.17) is 16.3 Å². The van der Waals surface area contributed by atoms with Gasteiger partial charge in [0.15, 0.2) is 5.01 Å². The van der Waals surface area contributed by atoms with Gasteiger partial charge >= 0.3 is 0 Å². The fraction of sp³-hybridized carbons (Fsp3) is 0.286. The predicted octanol–water partition coefficient (Wildman–Crippen LogP) is 4.89. The highest BCUT2D eigenvalue weighted by Crippen LogP contribution is 2.36. The van der Waals surface area contributed by atoms with Gasteiger partial charge in [0.1, 0.15) is 10.8 Å². The van der Waals surface area contributed by atoms with Gasteiger partial charge in [-0.15, -0.1) is 10.2 Å². The van der Waals surface area contributed by atoms with Crippen molar-refractivity contribution in [1.29, 1.82) is 0 Å². The number of piperidine rings is 1. The van der Waals surface area contributed by atoms with Gasteiger partial charge in [-0.3, -0.25) is 4.79 Å². The fourth-order valence-electron chi connectivity index (χ4n) is 3.46. The van der Waals surface area contributed by atoms with Crippen LogP contribution in [0.5, 0.6) is 5.75 Å². The van der Waals surface area contributed by atoms with Crippen LogP contribution in [0.1, 0.15) is 34.1 Å². The molecule has 2 aromatic carbocycles. The molecular weight excluding hydrogens is 394 g/mol. The monoisotopic (exact) mass is 413 g/mol. The van der Waals surface area contributed by atoms with Crippen LogP contribution in [0.2, 0.25) is 5.02 Å². The molecule has 1 aromatic heterocycles. The van der Waals surface area contributed by atoms with Gasteiger partial charge in [-0.25, -0.2) is 0 Å². The Labute approximate surface area is 172 Å². The van der Waals surface area contributed by atoms with E-state index in [1.807, 2.05) is 41.3 Å². The number of carbonyl (C=O) groups is 1. The molecule has 3 aromatic rings. The third kappa shape index (κ3) is 3.88.